The van der Waals surface area contributed by atoms with E-state index >= 15 is 0 Å². The second kappa shape index (κ2) is 2.90. The van der Waals surface area contributed by atoms with Crippen LogP contribution < -0.4 is 5.32 Å². The number of anilines is 1. The van der Waals surface area contributed by atoms with Gasteiger partial charge in [0.25, 0.3) is 0 Å². The summed E-state index contributed by atoms with van der Waals surface area (Å²) in [5, 5.41) is 3.27. The van der Waals surface area contributed by atoms with Gasteiger partial charge < -0.3 is 5.32 Å². The van der Waals surface area contributed by atoms with Crippen LogP contribution in [-0.2, 0) is 17.2 Å². The fourth-order valence-electron chi connectivity index (χ4n) is 1.46. The van der Waals surface area contributed by atoms with E-state index in [4.69, 9.17) is 0 Å². The Morgan fingerprint density at radius 3 is 3.08 bits per heavy atom. The third-order valence-electron chi connectivity index (χ3n) is 2.12. The third-order valence-corrected chi connectivity index (χ3v) is 3.04. The maximum absolute atomic E-state index is 11.1. The molecule has 0 saturated heterocycles. The van der Waals surface area contributed by atoms with E-state index < -0.39 is 10.8 Å². The van der Waals surface area contributed by atoms with E-state index in [0.717, 1.165) is 17.9 Å². The standard InChI is InChI=1S/C9H11NOS/c1-12(11)8-2-3-9-7(6-8)4-5-10-9/h2-3,6,10H,4-5H2,1H3. The van der Waals surface area contributed by atoms with Gasteiger partial charge >= 0.3 is 0 Å². The largest absolute Gasteiger partial charge is 0.384 e. The van der Waals surface area contributed by atoms with Crippen molar-refractivity contribution >= 4 is 16.5 Å². The SMILES string of the molecule is CS(=O)c1ccc2c(c1)CCN2. The van der Waals surface area contributed by atoms with E-state index in [0.29, 0.717) is 0 Å². The molecule has 0 bridgehead atoms. The van der Waals surface area contributed by atoms with Gasteiger partial charge in [0.05, 0.1) is 0 Å². The van der Waals surface area contributed by atoms with Crippen LogP contribution in [0.15, 0.2) is 23.1 Å². The van der Waals surface area contributed by atoms with Crippen LogP contribution >= 0.6 is 0 Å². The van der Waals surface area contributed by atoms with Crippen molar-refractivity contribution in [2.75, 3.05) is 18.1 Å². The van der Waals surface area contributed by atoms with E-state index in [1.165, 1.54) is 11.3 Å². The summed E-state index contributed by atoms with van der Waals surface area (Å²) in [6.45, 7) is 1.01. The molecule has 1 unspecified atom stereocenters. The number of rotatable bonds is 1. The Labute approximate surface area is 74.4 Å². The van der Waals surface area contributed by atoms with Crippen molar-refractivity contribution in [3.63, 3.8) is 0 Å². The van der Waals surface area contributed by atoms with Gasteiger partial charge in [-0.2, -0.15) is 0 Å². The van der Waals surface area contributed by atoms with Gasteiger partial charge in [0, 0.05) is 34.2 Å². The first kappa shape index (κ1) is 7.80. The molecule has 1 heterocycles. The normalized spacial score (nSPS) is 16.8. The zero-order chi connectivity index (χ0) is 8.55. The van der Waals surface area contributed by atoms with Crippen molar-refractivity contribution in [3.8, 4) is 0 Å². The molecule has 64 valence electrons. The monoisotopic (exact) mass is 181 g/mol. The first-order valence-electron chi connectivity index (χ1n) is 3.97. The molecule has 0 aliphatic carbocycles. The lowest BCUT2D eigenvalue weighted by atomic mass is 10.2. The molecule has 3 heteroatoms. The van der Waals surface area contributed by atoms with Crippen molar-refractivity contribution in [1.29, 1.82) is 0 Å². The lowest BCUT2D eigenvalue weighted by Crippen LogP contribution is -1.90. The molecular weight excluding hydrogens is 170 g/mol. The Bertz CT molecular complexity index is 335. The summed E-state index contributed by atoms with van der Waals surface area (Å²) in [6, 6.07) is 5.97. The maximum Gasteiger partial charge on any atom is 0.0498 e. The Balaban J connectivity index is 2.45. The predicted octanol–water partition coefficient (Wildman–Crippen LogP) is 1.39. The average molecular weight is 181 g/mol. The van der Waals surface area contributed by atoms with Crippen molar-refractivity contribution in [2.24, 2.45) is 0 Å². The molecule has 0 saturated carbocycles. The molecule has 0 amide bonds. The molecule has 12 heavy (non-hydrogen) atoms. The molecule has 1 aromatic rings. The Hall–Kier alpha value is -0.830. The average Bonchev–Trinajstić information content (AvgIpc) is 2.49. The van der Waals surface area contributed by atoms with Crippen LogP contribution in [0.5, 0.6) is 0 Å². The quantitative estimate of drug-likeness (QED) is 0.709. The second-order valence-corrected chi connectivity index (χ2v) is 4.33. The van der Waals surface area contributed by atoms with Crippen LogP contribution in [0.25, 0.3) is 0 Å². The highest BCUT2D eigenvalue weighted by Crippen LogP contribution is 2.23. The number of hydrogen-bond acceptors (Lipinski definition) is 2. The third kappa shape index (κ3) is 1.25. The van der Waals surface area contributed by atoms with Gasteiger partial charge in [-0.15, -0.1) is 0 Å². The van der Waals surface area contributed by atoms with Gasteiger partial charge in [0.15, 0.2) is 0 Å². The molecule has 2 nitrogen and oxygen atoms in total. The molecule has 0 aromatic heterocycles. The smallest absolute Gasteiger partial charge is 0.0498 e. The summed E-state index contributed by atoms with van der Waals surface area (Å²) in [6.07, 6.45) is 2.77. The number of hydrogen-bond donors (Lipinski definition) is 1. The molecule has 0 fully saturated rings. The van der Waals surface area contributed by atoms with E-state index in [1.807, 2.05) is 18.2 Å². The fourth-order valence-corrected chi connectivity index (χ4v) is 2.03. The topological polar surface area (TPSA) is 29.1 Å². The number of benzene rings is 1. The lowest BCUT2D eigenvalue weighted by molar-refractivity contribution is 0.686. The molecule has 1 aromatic carbocycles. The maximum atomic E-state index is 11.1. The minimum atomic E-state index is -0.849. The van der Waals surface area contributed by atoms with Crippen molar-refractivity contribution in [3.05, 3.63) is 23.8 Å². The number of fused-ring (bicyclic) bond motifs is 1. The Morgan fingerprint density at radius 1 is 1.50 bits per heavy atom. The van der Waals surface area contributed by atoms with E-state index in [-0.39, 0.29) is 0 Å². The number of nitrogens with one attached hydrogen (secondary N) is 1. The van der Waals surface area contributed by atoms with Crippen LogP contribution in [-0.4, -0.2) is 17.0 Å². The summed E-state index contributed by atoms with van der Waals surface area (Å²) in [4.78, 5) is 0.928. The van der Waals surface area contributed by atoms with Gasteiger partial charge in [-0.05, 0) is 30.2 Å². The zero-order valence-corrected chi connectivity index (χ0v) is 7.78. The van der Waals surface area contributed by atoms with Crippen molar-refractivity contribution < 1.29 is 4.21 Å². The first-order valence-corrected chi connectivity index (χ1v) is 5.53. The Kier molecular flexibility index (Phi) is 1.89. The summed E-state index contributed by atoms with van der Waals surface area (Å²) in [5.74, 6) is 0. The molecule has 1 aliphatic rings. The molecule has 1 atom stereocenters. The minimum Gasteiger partial charge on any atom is -0.384 e. The van der Waals surface area contributed by atoms with Gasteiger partial charge in [-0.3, -0.25) is 4.21 Å². The highest BCUT2D eigenvalue weighted by molar-refractivity contribution is 7.84. The van der Waals surface area contributed by atoms with Gasteiger partial charge in [0.1, 0.15) is 0 Å². The van der Waals surface area contributed by atoms with Gasteiger partial charge in [-0.1, -0.05) is 0 Å². The molecule has 1 N–H and O–H groups in total. The molecular formula is C9H11NOS. The molecule has 2 rings (SSSR count). The highest BCUT2D eigenvalue weighted by Gasteiger charge is 2.10. The second-order valence-electron chi connectivity index (χ2n) is 2.95. The van der Waals surface area contributed by atoms with E-state index in [2.05, 4.69) is 5.32 Å². The molecule has 0 spiro atoms. The fraction of sp³-hybridized carbons (Fsp3) is 0.333. The first-order chi connectivity index (χ1) is 5.77. The van der Waals surface area contributed by atoms with Crippen LogP contribution in [0.3, 0.4) is 0 Å². The van der Waals surface area contributed by atoms with E-state index in [1.54, 1.807) is 6.26 Å². The minimum absolute atomic E-state index is 0.849. The summed E-state index contributed by atoms with van der Waals surface area (Å²) in [5.41, 5.74) is 2.49. The van der Waals surface area contributed by atoms with Gasteiger partial charge in [-0.25, -0.2) is 0 Å². The summed E-state index contributed by atoms with van der Waals surface area (Å²) in [7, 11) is -0.849. The van der Waals surface area contributed by atoms with Crippen molar-refractivity contribution in [1.82, 2.24) is 0 Å². The lowest BCUT2D eigenvalue weighted by Gasteiger charge is -2.00. The van der Waals surface area contributed by atoms with Crippen LogP contribution in [0.4, 0.5) is 5.69 Å². The van der Waals surface area contributed by atoms with Crippen LogP contribution in [0.1, 0.15) is 5.56 Å². The van der Waals surface area contributed by atoms with Crippen LogP contribution in [0, 0.1) is 0 Å². The summed E-state index contributed by atoms with van der Waals surface area (Å²) < 4.78 is 11.1. The predicted molar refractivity (Wildman–Crippen MR) is 51.0 cm³/mol. The van der Waals surface area contributed by atoms with Crippen LogP contribution in [0.2, 0.25) is 0 Å². The van der Waals surface area contributed by atoms with Gasteiger partial charge in [0.2, 0.25) is 0 Å². The molecule has 0 radical (unpaired) electrons. The molecule has 1 aliphatic heterocycles. The van der Waals surface area contributed by atoms with Crippen molar-refractivity contribution in [2.45, 2.75) is 11.3 Å². The highest BCUT2D eigenvalue weighted by atomic mass is 32.2. The van der Waals surface area contributed by atoms with E-state index in [9.17, 15) is 4.21 Å². The Morgan fingerprint density at radius 2 is 2.33 bits per heavy atom. The summed E-state index contributed by atoms with van der Waals surface area (Å²) >= 11 is 0. The zero-order valence-electron chi connectivity index (χ0n) is 6.96.